The van der Waals surface area contributed by atoms with Crippen molar-refractivity contribution < 1.29 is 9.52 Å². The van der Waals surface area contributed by atoms with Gasteiger partial charge in [-0.05, 0) is 127 Å². The maximum atomic E-state index is 9.20. The second kappa shape index (κ2) is 17.2. The second-order valence-electron chi connectivity index (χ2n) is 12.6. The van der Waals surface area contributed by atoms with E-state index < -0.39 is 0 Å². The minimum absolute atomic E-state index is 0.325. The first-order chi connectivity index (χ1) is 25.8. The number of aromatic amines is 1. The number of aromatic nitrogens is 5. The Hall–Kier alpha value is -6.38. The van der Waals surface area contributed by atoms with Crippen molar-refractivity contribution in [1.29, 1.82) is 0 Å². The summed E-state index contributed by atoms with van der Waals surface area (Å²) < 4.78 is 5.14. The van der Waals surface area contributed by atoms with Crippen molar-refractivity contribution in [3.8, 4) is 5.75 Å². The number of phenols is 1. The van der Waals surface area contributed by atoms with Crippen LogP contribution in [-0.4, -0.2) is 30.0 Å². The van der Waals surface area contributed by atoms with Crippen molar-refractivity contribution in [1.82, 2.24) is 24.9 Å². The summed E-state index contributed by atoms with van der Waals surface area (Å²) in [6.45, 7) is 10.4. The topological polar surface area (TPSA) is 101 Å². The summed E-state index contributed by atoms with van der Waals surface area (Å²) in [5, 5.41) is 19.7. The van der Waals surface area contributed by atoms with Gasteiger partial charge < -0.3 is 14.5 Å². The van der Waals surface area contributed by atoms with Crippen LogP contribution in [0.5, 0.6) is 5.75 Å². The average Bonchev–Trinajstić information content (AvgIpc) is 3.89. The fraction of sp³-hybridized carbons (Fsp3) is 0.111. The van der Waals surface area contributed by atoms with Crippen molar-refractivity contribution in [2.24, 2.45) is 0 Å². The number of benzene rings is 3. The van der Waals surface area contributed by atoms with Crippen molar-refractivity contribution in [3.63, 3.8) is 0 Å². The number of nitrogens with zero attached hydrogens (tertiary/aromatic N) is 4. The van der Waals surface area contributed by atoms with Gasteiger partial charge in [0.05, 0.1) is 6.26 Å². The first-order valence-electron chi connectivity index (χ1n) is 17.2. The fourth-order valence-electron chi connectivity index (χ4n) is 5.72. The molecule has 0 bridgehead atoms. The van der Waals surface area contributed by atoms with Crippen molar-refractivity contribution in [3.05, 3.63) is 174 Å². The molecule has 264 valence electrons. The van der Waals surface area contributed by atoms with Crippen LogP contribution in [0.25, 0.3) is 53.9 Å². The van der Waals surface area contributed by atoms with Gasteiger partial charge in [-0.2, -0.15) is 0 Å². The number of rotatable bonds is 0. The van der Waals surface area contributed by atoms with E-state index >= 15 is 0 Å². The number of hydrogen-bond acceptors (Lipinski definition) is 7. The van der Waals surface area contributed by atoms with E-state index in [0.717, 1.165) is 32.5 Å². The molecule has 0 aliphatic heterocycles. The predicted octanol–water partition coefficient (Wildman–Crippen LogP) is 12.0. The lowest BCUT2D eigenvalue weighted by molar-refractivity contribution is 0.476. The van der Waals surface area contributed by atoms with Gasteiger partial charge >= 0.3 is 0 Å². The SMILES string of the molecule is Cc1c[nH]c2ncccc12.Cc1ccc2cc(O)ccc2c1.Cc1cccc2cnccc12.Cc1coc2ncccc12.Cc1csc2ncccc12. The summed E-state index contributed by atoms with van der Waals surface area (Å²) in [4.78, 5) is 20.7. The number of fused-ring (bicyclic) bond motifs is 5. The minimum Gasteiger partial charge on any atom is -0.508 e. The molecule has 10 aromatic rings. The van der Waals surface area contributed by atoms with E-state index in [1.807, 2.05) is 80.2 Å². The summed E-state index contributed by atoms with van der Waals surface area (Å²) in [5.41, 5.74) is 7.97. The van der Waals surface area contributed by atoms with Crippen LogP contribution in [0.3, 0.4) is 0 Å². The molecule has 0 radical (unpaired) electrons. The number of hydrogen-bond donors (Lipinski definition) is 2. The molecule has 0 saturated heterocycles. The summed E-state index contributed by atoms with van der Waals surface area (Å²) in [7, 11) is 0. The molecule has 7 heterocycles. The van der Waals surface area contributed by atoms with Gasteiger partial charge in [-0.3, -0.25) is 4.98 Å². The van der Waals surface area contributed by atoms with E-state index in [1.165, 1.54) is 49.2 Å². The zero-order chi connectivity index (χ0) is 37.2. The Morgan fingerprint density at radius 1 is 0.585 bits per heavy atom. The highest BCUT2D eigenvalue weighted by atomic mass is 32.1. The van der Waals surface area contributed by atoms with Gasteiger partial charge in [0.15, 0.2) is 0 Å². The molecule has 7 nitrogen and oxygen atoms in total. The number of aryl methyl sites for hydroxylation is 5. The smallest absolute Gasteiger partial charge is 0.226 e. The van der Waals surface area contributed by atoms with E-state index in [2.05, 4.69) is 94.4 Å². The van der Waals surface area contributed by atoms with Crippen LogP contribution in [0.4, 0.5) is 0 Å². The number of phenolic OH excluding ortho intramolecular Hbond substituents is 1. The third-order valence-electron chi connectivity index (χ3n) is 8.62. The summed E-state index contributed by atoms with van der Waals surface area (Å²) in [6, 6.07) is 31.9. The summed E-state index contributed by atoms with van der Waals surface area (Å²) in [5.74, 6) is 0.325. The van der Waals surface area contributed by atoms with Crippen molar-refractivity contribution in [2.75, 3.05) is 0 Å². The first kappa shape index (κ1) is 36.4. The van der Waals surface area contributed by atoms with Gasteiger partial charge in [0.1, 0.15) is 16.2 Å². The molecule has 8 heteroatoms. The Morgan fingerprint density at radius 2 is 1.32 bits per heavy atom. The zero-order valence-corrected chi connectivity index (χ0v) is 31.2. The Morgan fingerprint density at radius 3 is 2.09 bits per heavy atom. The molecule has 0 unspecified atom stereocenters. The number of furan rings is 1. The molecular weight excluding hydrogens is 675 g/mol. The van der Waals surface area contributed by atoms with Crippen LogP contribution in [-0.2, 0) is 0 Å². The third-order valence-corrected chi connectivity index (χ3v) is 9.64. The van der Waals surface area contributed by atoms with Gasteiger partial charge in [0.2, 0.25) is 5.71 Å². The zero-order valence-electron chi connectivity index (χ0n) is 30.4. The maximum Gasteiger partial charge on any atom is 0.226 e. The number of pyridine rings is 4. The number of aromatic hydroxyl groups is 1. The van der Waals surface area contributed by atoms with Gasteiger partial charge in [-0.25, -0.2) is 15.0 Å². The van der Waals surface area contributed by atoms with E-state index in [0.29, 0.717) is 5.75 Å². The van der Waals surface area contributed by atoms with Gasteiger partial charge in [0.25, 0.3) is 0 Å². The highest BCUT2D eigenvalue weighted by Crippen LogP contribution is 2.23. The Bertz CT molecular complexity index is 2510. The van der Waals surface area contributed by atoms with Gasteiger partial charge in [0, 0.05) is 58.7 Å². The average molecular weight is 716 g/mol. The number of thiophene rings is 1. The maximum absolute atomic E-state index is 9.20. The lowest BCUT2D eigenvalue weighted by Crippen LogP contribution is -1.77. The van der Waals surface area contributed by atoms with Gasteiger partial charge in [-0.15, -0.1) is 11.3 Å². The molecule has 0 amide bonds. The van der Waals surface area contributed by atoms with Crippen molar-refractivity contribution in [2.45, 2.75) is 34.6 Å². The largest absolute Gasteiger partial charge is 0.508 e. The van der Waals surface area contributed by atoms with Gasteiger partial charge in [-0.1, -0.05) is 54.1 Å². The normalized spacial score (nSPS) is 10.4. The molecule has 0 fully saturated rings. The highest BCUT2D eigenvalue weighted by molar-refractivity contribution is 7.16. The lowest BCUT2D eigenvalue weighted by Gasteiger charge is -1.99. The van der Waals surface area contributed by atoms with E-state index in [4.69, 9.17) is 4.42 Å². The molecule has 0 aliphatic carbocycles. The number of H-pyrrole nitrogens is 1. The van der Waals surface area contributed by atoms with Crippen LogP contribution in [0.1, 0.15) is 27.8 Å². The molecule has 10 rings (SSSR count). The van der Waals surface area contributed by atoms with E-state index in [9.17, 15) is 5.11 Å². The predicted molar refractivity (Wildman–Crippen MR) is 221 cm³/mol. The standard InChI is InChI=1S/C11H10O.C10H9N.C8H8N2.C8H7NO.C8H7NS/c1-8-2-3-10-7-11(12)5-4-9(10)6-8;1-8-3-2-4-9-7-11-6-5-10(8)9;3*1-6-5-10-8-7(6)3-2-4-9-8/h2-7,12H,1H3;2-7H,1H3;2-5H,1H3,(H,9,10);2*2-5H,1H3. The quantitative estimate of drug-likeness (QED) is 0.162. The van der Waals surface area contributed by atoms with E-state index in [1.54, 1.807) is 42.1 Å². The fourth-order valence-corrected chi connectivity index (χ4v) is 6.61. The van der Waals surface area contributed by atoms with E-state index in [-0.39, 0.29) is 0 Å². The molecule has 0 saturated carbocycles. The molecule has 2 N–H and O–H groups in total. The molecule has 3 aromatic carbocycles. The molecule has 0 spiro atoms. The minimum atomic E-state index is 0.325. The van der Waals surface area contributed by atoms with Crippen LogP contribution >= 0.6 is 11.3 Å². The Kier molecular flexibility index (Phi) is 11.8. The molecule has 0 atom stereocenters. The molecule has 0 aliphatic rings. The number of nitrogens with one attached hydrogen (secondary N) is 1. The van der Waals surface area contributed by atoms with Crippen LogP contribution in [0.15, 0.2) is 150 Å². The lowest BCUT2D eigenvalue weighted by atomic mass is 10.1. The highest BCUT2D eigenvalue weighted by Gasteiger charge is 2.00. The summed E-state index contributed by atoms with van der Waals surface area (Å²) in [6.07, 6.45) is 12.8. The van der Waals surface area contributed by atoms with Crippen LogP contribution in [0, 0.1) is 34.6 Å². The van der Waals surface area contributed by atoms with Crippen LogP contribution in [0.2, 0.25) is 0 Å². The third kappa shape index (κ3) is 9.30. The Balaban J connectivity index is 0.000000114. The second-order valence-corrected chi connectivity index (χ2v) is 13.5. The Labute approximate surface area is 312 Å². The molecule has 53 heavy (non-hydrogen) atoms. The molecule has 7 aromatic heterocycles. The summed E-state index contributed by atoms with van der Waals surface area (Å²) >= 11 is 1.70. The van der Waals surface area contributed by atoms with Crippen molar-refractivity contribution >= 4 is 65.2 Å². The molecular formula is C45H41N5O2S. The first-order valence-corrected chi connectivity index (χ1v) is 18.1. The van der Waals surface area contributed by atoms with Crippen LogP contribution < -0.4 is 0 Å². The monoisotopic (exact) mass is 715 g/mol.